The smallest absolute Gasteiger partial charge is 0.00697 e. The van der Waals surface area contributed by atoms with Crippen LogP contribution in [0.5, 0.6) is 0 Å². The molecule has 0 aromatic heterocycles. The average molecular weight is 273 g/mol. The number of hydrogen-bond acceptors (Lipinski definition) is 1. The van der Waals surface area contributed by atoms with E-state index in [1.165, 1.54) is 69.9 Å². The summed E-state index contributed by atoms with van der Waals surface area (Å²) in [5.74, 6) is 0.996. The zero-order valence-electron chi connectivity index (χ0n) is 13.1. The van der Waals surface area contributed by atoms with Crippen LogP contribution in [-0.2, 0) is 6.42 Å². The lowest BCUT2D eigenvalue weighted by molar-refractivity contribution is 0.270. The topological polar surface area (TPSA) is 12.0 Å². The third-order valence-corrected chi connectivity index (χ3v) is 4.68. The van der Waals surface area contributed by atoms with Gasteiger partial charge in [0.1, 0.15) is 0 Å². The summed E-state index contributed by atoms with van der Waals surface area (Å²) in [7, 11) is 0. The van der Waals surface area contributed by atoms with Crippen LogP contribution in [0.1, 0.15) is 63.9 Å². The van der Waals surface area contributed by atoms with E-state index in [0.29, 0.717) is 0 Å². The third-order valence-electron chi connectivity index (χ3n) is 4.68. The second kappa shape index (κ2) is 9.18. The lowest BCUT2D eigenvalue weighted by Gasteiger charge is -2.30. The molecule has 1 nitrogen and oxygen atoms in total. The van der Waals surface area contributed by atoms with E-state index in [4.69, 9.17) is 0 Å². The first-order valence-electron chi connectivity index (χ1n) is 8.65. The van der Waals surface area contributed by atoms with Gasteiger partial charge >= 0.3 is 0 Å². The van der Waals surface area contributed by atoms with Gasteiger partial charge in [-0.3, -0.25) is 0 Å². The lowest BCUT2D eigenvalue weighted by Crippen LogP contribution is -2.38. The van der Waals surface area contributed by atoms with E-state index in [2.05, 4.69) is 42.6 Å². The van der Waals surface area contributed by atoms with Crippen LogP contribution in [0.4, 0.5) is 0 Å². The Morgan fingerprint density at radius 1 is 1.05 bits per heavy atom. The van der Waals surface area contributed by atoms with Gasteiger partial charge in [0.2, 0.25) is 0 Å². The minimum absolute atomic E-state index is 0.793. The van der Waals surface area contributed by atoms with E-state index in [0.717, 1.165) is 12.0 Å². The maximum atomic E-state index is 3.72. The van der Waals surface area contributed by atoms with Crippen LogP contribution in [0.2, 0.25) is 0 Å². The van der Waals surface area contributed by atoms with Crippen molar-refractivity contribution in [3.8, 4) is 0 Å². The van der Waals surface area contributed by atoms with Gasteiger partial charge in [-0.1, -0.05) is 62.9 Å². The highest BCUT2D eigenvalue weighted by molar-refractivity contribution is 5.14. The van der Waals surface area contributed by atoms with Gasteiger partial charge in [-0.05, 0) is 50.1 Å². The van der Waals surface area contributed by atoms with Gasteiger partial charge < -0.3 is 5.32 Å². The molecule has 1 fully saturated rings. The number of aryl methyl sites for hydroxylation is 1. The zero-order chi connectivity index (χ0) is 14.0. The maximum Gasteiger partial charge on any atom is 0.00697 e. The molecule has 2 unspecified atom stereocenters. The fourth-order valence-electron chi connectivity index (χ4n) is 3.43. The maximum absolute atomic E-state index is 3.72. The molecule has 1 aromatic rings. The molecule has 1 aliphatic rings. The summed E-state index contributed by atoms with van der Waals surface area (Å²) in [5, 5.41) is 3.72. The van der Waals surface area contributed by atoms with Crippen LogP contribution in [0.15, 0.2) is 30.3 Å². The number of unbranched alkanes of at least 4 members (excludes halogenated alkanes) is 2. The highest BCUT2D eigenvalue weighted by atomic mass is 14.9. The molecular weight excluding hydrogens is 242 g/mol. The summed E-state index contributed by atoms with van der Waals surface area (Å²) in [4.78, 5) is 0. The molecule has 112 valence electrons. The molecule has 0 radical (unpaired) electrons. The van der Waals surface area contributed by atoms with Crippen molar-refractivity contribution in [3.05, 3.63) is 35.9 Å². The van der Waals surface area contributed by atoms with Crippen molar-refractivity contribution >= 4 is 0 Å². The molecule has 2 atom stereocenters. The van der Waals surface area contributed by atoms with Crippen LogP contribution in [0, 0.1) is 5.92 Å². The lowest BCUT2D eigenvalue weighted by atomic mass is 9.86. The van der Waals surface area contributed by atoms with Crippen molar-refractivity contribution in [2.24, 2.45) is 5.92 Å². The summed E-state index contributed by atoms with van der Waals surface area (Å²) in [5.41, 5.74) is 1.49. The monoisotopic (exact) mass is 273 g/mol. The Morgan fingerprint density at radius 2 is 1.90 bits per heavy atom. The van der Waals surface area contributed by atoms with Crippen molar-refractivity contribution in [3.63, 3.8) is 0 Å². The van der Waals surface area contributed by atoms with Gasteiger partial charge in [0.15, 0.2) is 0 Å². The molecule has 0 amide bonds. The Hall–Kier alpha value is -0.820. The van der Waals surface area contributed by atoms with E-state index in [1.807, 2.05) is 0 Å². The Labute approximate surface area is 125 Å². The third kappa shape index (κ3) is 5.66. The highest BCUT2D eigenvalue weighted by Crippen LogP contribution is 2.24. The van der Waals surface area contributed by atoms with E-state index in [-0.39, 0.29) is 0 Å². The fourth-order valence-corrected chi connectivity index (χ4v) is 3.43. The Morgan fingerprint density at radius 3 is 2.70 bits per heavy atom. The summed E-state index contributed by atoms with van der Waals surface area (Å²) in [6.07, 6.45) is 12.4. The molecule has 2 rings (SSSR count). The van der Waals surface area contributed by atoms with Gasteiger partial charge in [-0.25, -0.2) is 0 Å². The SMILES string of the molecule is CCCCC1CCNC(CCCCc2ccccc2)C1. The van der Waals surface area contributed by atoms with Crippen LogP contribution < -0.4 is 5.32 Å². The largest absolute Gasteiger partial charge is 0.314 e. The number of piperidine rings is 1. The predicted molar refractivity (Wildman–Crippen MR) is 88.0 cm³/mol. The molecule has 1 aliphatic heterocycles. The molecule has 0 aliphatic carbocycles. The highest BCUT2D eigenvalue weighted by Gasteiger charge is 2.20. The van der Waals surface area contributed by atoms with Crippen molar-refractivity contribution in [1.82, 2.24) is 5.32 Å². The van der Waals surface area contributed by atoms with Crippen LogP contribution in [-0.4, -0.2) is 12.6 Å². The van der Waals surface area contributed by atoms with Gasteiger partial charge in [0.05, 0.1) is 0 Å². The van der Waals surface area contributed by atoms with E-state index >= 15 is 0 Å². The summed E-state index contributed by atoms with van der Waals surface area (Å²) in [6, 6.07) is 11.7. The molecule has 20 heavy (non-hydrogen) atoms. The fraction of sp³-hybridized carbons (Fsp3) is 0.684. The summed E-state index contributed by atoms with van der Waals surface area (Å²) >= 11 is 0. The van der Waals surface area contributed by atoms with Crippen LogP contribution in [0.25, 0.3) is 0 Å². The second-order valence-electron chi connectivity index (χ2n) is 6.42. The molecule has 0 spiro atoms. The van der Waals surface area contributed by atoms with Crippen molar-refractivity contribution < 1.29 is 0 Å². The zero-order valence-corrected chi connectivity index (χ0v) is 13.1. The normalized spacial score (nSPS) is 22.9. The molecule has 1 heterocycles. The number of rotatable bonds is 8. The molecule has 1 heteroatoms. The molecule has 1 aromatic carbocycles. The Bertz CT molecular complexity index is 346. The molecule has 0 bridgehead atoms. The first kappa shape index (κ1) is 15.6. The summed E-state index contributed by atoms with van der Waals surface area (Å²) in [6.45, 7) is 3.56. The van der Waals surface area contributed by atoms with Gasteiger partial charge in [0.25, 0.3) is 0 Å². The van der Waals surface area contributed by atoms with Crippen LogP contribution in [0.3, 0.4) is 0 Å². The van der Waals surface area contributed by atoms with E-state index in [1.54, 1.807) is 0 Å². The quantitative estimate of drug-likeness (QED) is 0.660. The van der Waals surface area contributed by atoms with Crippen LogP contribution >= 0.6 is 0 Å². The number of nitrogens with one attached hydrogen (secondary N) is 1. The molecular formula is C19H31N. The van der Waals surface area contributed by atoms with Gasteiger partial charge in [0, 0.05) is 6.04 Å². The predicted octanol–water partition coefficient (Wildman–Crippen LogP) is 4.96. The Kier molecular flexibility index (Phi) is 7.14. The number of benzene rings is 1. The van der Waals surface area contributed by atoms with Gasteiger partial charge in [-0.15, -0.1) is 0 Å². The van der Waals surface area contributed by atoms with Gasteiger partial charge in [-0.2, -0.15) is 0 Å². The average Bonchev–Trinajstić information content (AvgIpc) is 2.51. The standard InChI is InChI=1S/C19H31N/c1-2-3-9-18-14-15-20-19(16-18)13-8-7-12-17-10-5-4-6-11-17/h4-6,10-11,18-20H,2-3,7-9,12-16H2,1H3. The molecule has 1 N–H and O–H groups in total. The molecule has 1 saturated heterocycles. The first-order valence-corrected chi connectivity index (χ1v) is 8.65. The minimum Gasteiger partial charge on any atom is -0.314 e. The summed E-state index contributed by atoms with van der Waals surface area (Å²) < 4.78 is 0. The van der Waals surface area contributed by atoms with E-state index in [9.17, 15) is 0 Å². The minimum atomic E-state index is 0.793. The van der Waals surface area contributed by atoms with Crippen molar-refractivity contribution in [2.75, 3.05) is 6.54 Å². The first-order chi connectivity index (χ1) is 9.88. The number of hydrogen-bond donors (Lipinski definition) is 1. The van der Waals surface area contributed by atoms with Crippen molar-refractivity contribution in [2.45, 2.75) is 70.8 Å². The van der Waals surface area contributed by atoms with E-state index < -0.39 is 0 Å². The molecule has 0 saturated carbocycles. The van der Waals surface area contributed by atoms with Crippen molar-refractivity contribution in [1.29, 1.82) is 0 Å². The second-order valence-corrected chi connectivity index (χ2v) is 6.42. The Balaban J connectivity index is 1.59.